The Labute approximate surface area is 149 Å². The molecule has 2 N–H and O–H groups in total. The SMILES string of the molecule is CN(C)CCNC(=O)C1(Cc2cc(C3CCOC3)no2)CCNCC1. The van der Waals surface area contributed by atoms with Gasteiger partial charge < -0.3 is 24.8 Å². The first kappa shape index (κ1) is 18.4. The van der Waals surface area contributed by atoms with Crippen molar-refractivity contribution in [2.75, 3.05) is 53.5 Å². The summed E-state index contributed by atoms with van der Waals surface area (Å²) in [6.45, 7) is 4.73. The number of carbonyl (C=O) groups excluding carboxylic acids is 1. The number of aromatic nitrogens is 1. The van der Waals surface area contributed by atoms with Crippen LogP contribution in [0.4, 0.5) is 0 Å². The highest BCUT2D eigenvalue weighted by Crippen LogP contribution is 2.34. The standard InChI is InChI=1S/C18H30N4O3/c1-22(2)9-8-20-17(23)18(4-6-19-7-5-18)12-15-11-16(21-25-15)14-3-10-24-13-14/h11,14,19H,3-10,12-13H2,1-2H3,(H,20,23). The second kappa shape index (κ2) is 8.29. The van der Waals surface area contributed by atoms with Gasteiger partial charge in [-0.25, -0.2) is 0 Å². The minimum atomic E-state index is -0.402. The molecular weight excluding hydrogens is 320 g/mol. The summed E-state index contributed by atoms with van der Waals surface area (Å²) >= 11 is 0. The topological polar surface area (TPSA) is 79.6 Å². The van der Waals surface area contributed by atoms with Crippen molar-refractivity contribution in [3.8, 4) is 0 Å². The molecule has 25 heavy (non-hydrogen) atoms. The third-order valence-corrected chi connectivity index (χ3v) is 5.32. The monoisotopic (exact) mass is 350 g/mol. The molecule has 0 spiro atoms. The van der Waals surface area contributed by atoms with Crippen LogP contribution >= 0.6 is 0 Å². The number of rotatable bonds is 7. The number of carbonyl (C=O) groups is 1. The van der Waals surface area contributed by atoms with Gasteiger partial charge in [0.25, 0.3) is 0 Å². The highest BCUT2D eigenvalue weighted by molar-refractivity contribution is 5.83. The lowest BCUT2D eigenvalue weighted by Gasteiger charge is -2.35. The number of amides is 1. The molecule has 0 bridgehead atoms. The second-order valence-corrected chi connectivity index (χ2v) is 7.54. The fraction of sp³-hybridized carbons (Fsp3) is 0.778. The summed E-state index contributed by atoms with van der Waals surface area (Å²) in [5.74, 6) is 1.28. The zero-order valence-corrected chi connectivity index (χ0v) is 15.3. The highest BCUT2D eigenvalue weighted by Gasteiger charge is 2.40. The molecule has 1 amide bonds. The zero-order valence-electron chi connectivity index (χ0n) is 15.3. The van der Waals surface area contributed by atoms with Gasteiger partial charge in [-0.15, -0.1) is 0 Å². The van der Waals surface area contributed by atoms with Crippen LogP contribution in [-0.4, -0.2) is 69.5 Å². The molecule has 0 aromatic carbocycles. The smallest absolute Gasteiger partial charge is 0.226 e. The van der Waals surface area contributed by atoms with Gasteiger partial charge in [-0.1, -0.05) is 5.16 Å². The quantitative estimate of drug-likeness (QED) is 0.756. The fourth-order valence-corrected chi connectivity index (χ4v) is 3.68. The van der Waals surface area contributed by atoms with Crippen molar-refractivity contribution in [1.82, 2.24) is 20.7 Å². The number of nitrogens with one attached hydrogen (secondary N) is 2. The highest BCUT2D eigenvalue weighted by atomic mass is 16.5. The molecule has 1 aromatic rings. The Morgan fingerprint density at radius 2 is 2.24 bits per heavy atom. The summed E-state index contributed by atoms with van der Waals surface area (Å²) < 4.78 is 11.0. The summed E-state index contributed by atoms with van der Waals surface area (Å²) in [6, 6.07) is 2.02. The Bertz CT molecular complexity index is 560. The van der Waals surface area contributed by atoms with Gasteiger partial charge in [-0.2, -0.15) is 0 Å². The summed E-state index contributed by atoms with van der Waals surface area (Å²) in [5, 5.41) is 10.7. The number of hydrogen-bond acceptors (Lipinski definition) is 6. The van der Waals surface area contributed by atoms with Crippen LogP contribution in [0.3, 0.4) is 0 Å². The zero-order chi connectivity index (χ0) is 17.7. The van der Waals surface area contributed by atoms with Gasteiger partial charge in [0, 0.05) is 38.1 Å². The molecule has 140 valence electrons. The molecule has 0 saturated carbocycles. The first-order valence-corrected chi connectivity index (χ1v) is 9.26. The van der Waals surface area contributed by atoms with Crippen molar-refractivity contribution in [2.24, 2.45) is 5.41 Å². The molecule has 2 aliphatic heterocycles. The van der Waals surface area contributed by atoms with Gasteiger partial charge in [0.1, 0.15) is 5.76 Å². The molecule has 0 radical (unpaired) electrons. The van der Waals surface area contributed by atoms with Gasteiger partial charge in [0.2, 0.25) is 5.91 Å². The minimum absolute atomic E-state index is 0.137. The van der Waals surface area contributed by atoms with Crippen LogP contribution in [0, 0.1) is 5.41 Å². The van der Waals surface area contributed by atoms with E-state index in [1.165, 1.54) is 0 Å². The lowest BCUT2D eigenvalue weighted by atomic mass is 9.74. The Kier molecular flexibility index (Phi) is 6.09. The average Bonchev–Trinajstić information content (AvgIpc) is 3.26. The van der Waals surface area contributed by atoms with E-state index in [9.17, 15) is 4.79 Å². The summed E-state index contributed by atoms with van der Waals surface area (Å²) in [7, 11) is 4.02. The Hall–Kier alpha value is -1.44. The van der Waals surface area contributed by atoms with E-state index in [0.29, 0.717) is 25.5 Å². The molecule has 3 heterocycles. The maximum absolute atomic E-state index is 12.9. The lowest BCUT2D eigenvalue weighted by molar-refractivity contribution is -0.132. The van der Waals surface area contributed by atoms with Gasteiger partial charge in [-0.05, 0) is 46.4 Å². The molecule has 1 aromatic heterocycles. The first-order valence-electron chi connectivity index (χ1n) is 9.26. The van der Waals surface area contributed by atoms with E-state index in [2.05, 4.69) is 20.7 Å². The number of ether oxygens (including phenoxy) is 1. The van der Waals surface area contributed by atoms with Crippen molar-refractivity contribution >= 4 is 5.91 Å². The molecule has 3 rings (SSSR count). The molecule has 2 fully saturated rings. The molecule has 7 heteroatoms. The van der Waals surface area contributed by atoms with Gasteiger partial charge >= 0.3 is 0 Å². The predicted molar refractivity (Wildman–Crippen MR) is 94.5 cm³/mol. The third kappa shape index (κ3) is 4.59. The van der Waals surface area contributed by atoms with E-state index in [-0.39, 0.29) is 5.91 Å². The van der Waals surface area contributed by atoms with E-state index in [1.807, 2.05) is 20.2 Å². The Balaban J connectivity index is 1.66. The van der Waals surface area contributed by atoms with E-state index < -0.39 is 5.41 Å². The lowest BCUT2D eigenvalue weighted by Crippen LogP contribution is -2.49. The number of piperidine rings is 1. The van der Waals surface area contributed by atoms with Crippen LogP contribution in [-0.2, 0) is 16.0 Å². The van der Waals surface area contributed by atoms with Crippen molar-refractivity contribution in [2.45, 2.75) is 31.6 Å². The van der Waals surface area contributed by atoms with Gasteiger partial charge in [-0.3, -0.25) is 4.79 Å². The van der Waals surface area contributed by atoms with E-state index in [0.717, 1.165) is 57.0 Å². The molecule has 1 atom stereocenters. The summed E-state index contributed by atoms with van der Waals surface area (Å²) in [4.78, 5) is 15.0. The maximum atomic E-state index is 12.9. The summed E-state index contributed by atoms with van der Waals surface area (Å²) in [5.41, 5.74) is 0.560. The normalized spacial score (nSPS) is 23.1. The van der Waals surface area contributed by atoms with Crippen molar-refractivity contribution in [3.63, 3.8) is 0 Å². The minimum Gasteiger partial charge on any atom is -0.381 e. The van der Waals surface area contributed by atoms with Crippen LogP contribution in [0.15, 0.2) is 10.6 Å². The largest absolute Gasteiger partial charge is 0.381 e. The second-order valence-electron chi connectivity index (χ2n) is 7.54. The van der Waals surface area contributed by atoms with Crippen molar-refractivity contribution < 1.29 is 14.1 Å². The molecule has 0 aliphatic carbocycles. The number of nitrogens with zero attached hydrogens (tertiary/aromatic N) is 2. The Morgan fingerprint density at radius 3 is 2.92 bits per heavy atom. The van der Waals surface area contributed by atoms with E-state index in [4.69, 9.17) is 9.26 Å². The number of likely N-dealkylation sites (N-methyl/N-ethyl adjacent to an activating group) is 1. The van der Waals surface area contributed by atoms with Crippen LogP contribution in [0.5, 0.6) is 0 Å². The third-order valence-electron chi connectivity index (χ3n) is 5.32. The van der Waals surface area contributed by atoms with Crippen LogP contribution in [0.2, 0.25) is 0 Å². The Morgan fingerprint density at radius 1 is 1.44 bits per heavy atom. The van der Waals surface area contributed by atoms with E-state index in [1.54, 1.807) is 0 Å². The fourth-order valence-electron chi connectivity index (χ4n) is 3.68. The molecule has 1 unspecified atom stereocenters. The van der Waals surface area contributed by atoms with Crippen molar-refractivity contribution in [1.29, 1.82) is 0 Å². The summed E-state index contributed by atoms with van der Waals surface area (Å²) in [6.07, 6.45) is 3.25. The average molecular weight is 350 g/mol. The van der Waals surface area contributed by atoms with Crippen molar-refractivity contribution in [3.05, 3.63) is 17.5 Å². The predicted octanol–water partition coefficient (Wildman–Crippen LogP) is 0.769. The van der Waals surface area contributed by atoms with Crippen LogP contribution < -0.4 is 10.6 Å². The maximum Gasteiger partial charge on any atom is 0.226 e. The molecular formula is C18H30N4O3. The van der Waals surface area contributed by atoms with Crippen LogP contribution in [0.25, 0.3) is 0 Å². The van der Waals surface area contributed by atoms with Gasteiger partial charge in [0.15, 0.2) is 0 Å². The van der Waals surface area contributed by atoms with Gasteiger partial charge in [0.05, 0.1) is 17.7 Å². The molecule has 7 nitrogen and oxygen atoms in total. The molecule has 2 saturated heterocycles. The van der Waals surface area contributed by atoms with Crippen LogP contribution in [0.1, 0.15) is 36.6 Å². The first-order chi connectivity index (χ1) is 12.1. The molecule has 2 aliphatic rings. The number of hydrogen-bond donors (Lipinski definition) is 2. The van der Waals surface area contributed by atoms with E-state index >= 15 is 0 Å².